The van der Waals surface area contributed by atoms with Gasteiger partial charge in [-0.2, -0.15) is 10.1 Å². The molecule has 5 rings (SSSR count). The van der Waals surface area contributed by atoms with Crippen LogP contribution in [0.15, 0.2) is 24.7 Å². The quantitative estimate of drug-likeness (QED) is 0.606. The number of aromatic amines is 1. The molecule has 1 aliphatic carbocycles. The molecule has 3 aromatic heterocycles. The fourth-order valence-corrected chi connectivity index (χ4v) is 4.10. The molecule has 1 saturated heterocycles. The fraction of sp³-hybridized carbons (Fsp3) is 0.550. The monoisotopic (exact) mass is 397 g/mol. The normalized spacial score (nSPS) is 23.3. The van der Waals surface area contributed by atoms with Crippen LogP contribution in [0.1, 0.15) is 44.6 Å². The average molecular weight is 397 g/mol. The van der Waals surface area contributed by atoms with Gasteiger partial charge in [0.1, 0.15) is 11.6 Å². The summed E-state index contributed by atoms with van der Waals surface area (Å²) in [5.41, 5.74) is 8.52. The zero-order chi connectivity index (χ0) is 19.6. The Balaban J connectivity index is 1.34. The van der Waals surface area contributed by atoms with Gasteiger partial charge in [-0.1, -0.05) is 0 Å². The third-order valence-electron chi connectivity index (χ3n) is 5.79. The molecule has 9 heteroatoms. The maximum atomic E-state index is 6.24. The van der Waals surface area contributed by atoms with E-state index in [4.69, 9.17) is 15.2 Å². The molecule has 29 heavy (non-hydrogen) atoms. The Kier molecular flexibility index (Phi) is 5.07. The van der Waals surface area contributed by atoms with Crippen LogP contribution in [-0.4, -0.2) is 50.1 Å². The molecule has 0 bridgehead atoms. The minimum absolute atomic E-state index is 0.139. The van der Waals surface area contributed by atoms with Crippen LogP contribution < -0.4 is 15.8 Å². The van der Waals surface area contributed by atoms with E-state index in [1.807, 2.05) is 29.3 Å². The Bertz CT molecular complexity index is 955. The SMILES string of the molecule is N[C@H]1CC[C@H](Oc2nc(Nc3cnn(C4CCOCC4)c3)nc3cc[nH]c23)CC1. The zero-order valence-electron chi connectivity index (χ0n) is 16.4. The number of fused-ring (bicyclic) bond motifs is 1. The van der Waals surface area contributed by atoms with E-state index in [0.717, 1.165) is 68.5 Å². The second-order valence-corrected chi connectivity index (χ2v) is 7.92. The number of anilines is 2. The Labute approximate surface area is 169 Å². The van der Waals surface area contributed by atoms with Crippen molar-refractivity contribution in [3.05, 3.63) is 24.7 Å². The van der Waals surface area contributed by atoms with E-state index in [0.29, 0.717) is 17.9 Å². The lowest BCUT2D eigenvalue weighted by Crippen LogP contribution is -2.31. The summed E-state index contributed by atoms with van der Waals surface area (Å²) in [4.78, 5) is 12.4. The van der Waals surface area contributed by atoms with Crippen molar-refractivity contribution in [2.24, 2.45) is 5.73 Å². The lowest BCUT2D eigenvalue weighted by atomic mass is 9.94. The third-order valence-corrected chi connectivity index (χ3v) is 5.79. The van der Waals surface area contributed by atoms with Crippen molar-refractivity contribution < 1.29 is 9.47 Å². The predicted molar refractivity (Wildman–Crippen MR) is 109 cm³/mol. The molecule has 3 aromatic rings. The summed E-state index contributed by atoms with van der Waals surface area (Å²) in [5, 5.41) is 7.78. The first-order valence-electron chi connectivity index (χ1n) is 10.4. The van der Waals surface area contributed by atoms with Gasteiger partial charge in [0, 0.05) is 31.6 Å². The number of H-pyrrole nitrogens is 1. The lowest BCUT2D eigenvalue weighted by molar-refractivity contribution is 0.0662. The van der Waals surface area contributed by atoms with Crippen molar-refractivity contribution in [2.75, 3.05) is 18.5 Å². The summed E-state index contributed by atoms with van der Waals surface area (Å²) >= 11 is 0. The van der Waals surface area contributed by atoms with Crippen LogP contribution in [0.5, 0.6) is 5.88 Å². The number of nitrogens with zero attached hydrogens (tertiary/aromatic N) is 4. The van der Waals surface area contributed by atoms with Crippen molar-refractivity contribution in [2.45, 2.75) is 56.7 Å². The Morgan fingerprint density at radius 2 is 1.97 bits per heavy atom. The molecule has 154 valence electrons. The van der Waals surface area contributed by atoms with Crippen LogP contribution in [0.3, 0.4) is 0 Å². The Morgan fingerprint density at radius 1 is 1.14 bits per heavy atom. The number of nitrogens with one attached hydrogen (secondary N) is 2. The molecule has 1 saturated carbocycles. The predicted octanol–water partition coefficient (Wildman–Crippen LogP) is 2.90. The molecular weight excluding hydrogens is 370 g/mol. The van der Waals surface area contributed by atoms with Gasteiger partial charge in [-0.3, -0.25) is 4.68 Å². The van der Waals surface area contributed by atoms with E-state index in [1.54, 1.807) is 0 Å². The van der Waals surface area contributed by atoms with Crippen LogP contribution in [0.25, 0.3) is 11.0 Å². The van der Waals surface area contributed by atoms with Gasteiger partial charge in [-0.15, -0.1) is 0 Å². The van der Waals surface area contributed by atoms with Gasteiger partial charge in [0.25, 0.3) is 0 Å². The second kappa shape index (κ2) is 8.00. The van der Waals surface area contributed by atoms with Gasteiger partial charge in [0.05, 0.1) is 23.4 Å². The Hall–Kier alpha value is -2.65. The van der Waals surface area contributed by atoms with Crippen LogP contribution in [0.2, 0.25) is 0 Å². The second-order valence-electron chi connectivity index (χ2n) is 7.92. The summed E-state index contributed by atoms with van der Waals surface area (Å²) in [5.74, 6) is 1.09. The topological polar surface area (TPSA) is 116 Å². The first kappa shape index (κ1) is 18.4. The van der Waals surface area contributed by atoms with Gasteiger partial charge in [-0.25, -0.2) is 4.98 Å². The highest BCUT2D eigenvalue weighted by Crippen LogP contribution is 2.29. The summed E-state index contributed by atoms with van der Waals surface area (Å²) in [6.45, 7) is 1.57. The van der Waals surface area contributed by atoms with E-state index in [9.17, 15) is 0 Å². The molecule has 0 atom stereocenters. The van der Waals surface area contributed by atoms with Crippen LogP contribution in [-0.2, 0) is 4.74 Å². The molecule has 0 spiro atoms. The molecule has 0 amide bonds. The Morgan fingerprint density at radius 3 is 2.79 bits per heavy atom. The number of aromatic nitrogens is 5. The number of nitrogens with two attached hydrogens (primary N) is 1. The number of hydrogen-bond acceptors (Lipinski definition) is 7. The van der Waals surface area contributed by atoms with Crippen LogP contribution in [0.4, 0.5) is 11.6 Å². The molecule has 0 aromatic carbocycles. The number of rotatable bonds is 5. The van der Waals surface area contributed by atoms with Gasteiger partial charge in [0.2, 0.25) is 11.8 Å². The highest BCUT2D eigenvalue weighted by atomic mass is 16.5. The van der Waals surface area contributed by atoms with Gasteiger partial charge in [-0.05, 0) is 44.6 Å². The maximum Gasteiger partial charge on any atom is 0.243 e. The molecule has 4 heterocycles. The van der Waals surface area contributed by atoms with Crippen molar-refractivity contribution in [1.29, 1.82) is 0 Å². The third kappa shape index (κ3) is 4.06. The van der Waals surface area contributed by atoms with Crippen molar-refractivity contribution in [3.63, 3.8) is 0 Å². The molecule has 9 nitrogen and oxygen atoms in total. The average Bonchev–Trinajstić information content (AvgIpc) is 3.40. The fourth-order valence-electron chi connectivity index (χ4n) is 4.10. The lowest BCUT2D eigenvalue weighted by Gasteiger charge is -2.26. The van der Waals surface area contributed by atoms with Crippen LogP contribution >= 0.6 is 0 Å². The molecule has 2 aliphatic rings. The maximum absolute atomic E-state index is 6.24. The van der Waals surface area contributed by atoms with E-state index in [1.165, 1.54) is 0 Å². The van der Waals surface area contributed by atoms with Gasteiger partial charge in [0.15, 0.2) is 0 Å². The highest BCUT2D eigenvalue weighted by Gasteiger charge is 2.22. The number of ether oxygens (including phenoxy) is 2. The van der Waals surface area contributed by atoms with Gasteiger partial charge >= 0.3 is 0 Å². The summed E-state index contributed by atoms with van der Waals surface area (Å²) in [6.07, 6.45) is 11.7. The summed E-state index contributed by atoms with van der Waals surface area (Å²) in [7, 11) is 0. The summed E-state index contributed by atoms with van der Waals surface area (Å²) < 4.78 is 13.7. The molecule has 0 unspecified atom stereocenters. The molecular formula is C20H27N7O2. The smallest absolute Gasteiger partial charge is 0.243 e. The van der Waals surface area contributed by atoms with Crippen molar-refractivity contribution >= 4 is 22.7 Å². The first-order valence-corrected chi connectivity index (χ1v) is 10.4. The van der Waals surface area contributed by atoms with Crippen molar-refractivity contribution in [3.8, 4) is 5.88 Å². The first-order chi connectivity index (χ1) is 14.2. The van der Waals surface area contributed by atoms with E-state index >= 15 is 0 Å². The van der Waals surface area contributed by atoms with Gasteiger partial charge < -0.3 is 25.5 Å². The molecule has 1 aliphatic heterocycles. The molecule has 2 fully saturated rings. The van der Waals surface area contributed by atoms with Crippen LogP contribution in [0, 0.1) is 0 Å². The molecule has 0 radical (unpaired) electrons. The minimum atomic E-state index is 0.139. The zero-order valence-corrected chi connectivity index (χ0v) is 16.4. The summed E-state index contributed by atoms with van der Waals surface area (Å²) in [6, 6.07) is 2.59. The van der Waals surface area contributed by atoms with E-state index in [2.05, 4.69) is 25.4 Å². The minimum Gasteiger partial charge on any atom is -0.473 e. The standard InChI is InChI=1S/C20H27N7O2/c21-13-1-3-16(4-2-13)29-19-18-17(5-8-22-18)25-20(26-19)24-14-11-23-27(12-14)15-6-9-28-10-7-15/h5,8,11-13,15-16,22H,1-4,6-7,9-10,21H2,(H,24,25,26)/t13-,16-. The van der Waals surface area contributed by atoms with Crippen molar-refractivity contribution in [1.82, 2.24) is 24.7 Å². The van der Waals surface area contributed by atoms with E-state index < -0.39 is 0 Å². The highest BCUT2D eigenvalue weighted by molar-refractivity contribution is 5.81. The molecule has 4 N–H and O–H groups in total. The van der Waals surface area contributed by atoms with E-state index in [-0.39, 0.29) is 12.1 Å². The number of hydrogen-bond donors (Lipinski definition) is 3. The largest absolute Gasteiger partial charge is 0.473 e.